The minimum Gasteiger partial charge on any atom is -0.309 e. The SMILES string of the molecule is C/C=C/CCNC(c1ccc(C)cc1)C1CC1. The second-order valence-corrected chi connectivity index (χ2v) is 5.04. The Kier molecular flexibility index (Phi) is 4.38. The number of aryl methyl sites for hydroxylation is 1. The van der Waals surface area contributed by atoms with Crippen molar-refractivity contribution in [3.8, 4) is 0 Å². The standard InChI is InChI=1S/C16H23N/c1-3-4-5-12-17-16(15-10-11-15)14-8-6-13(2)7-9-14/h3-4,6-9,15-17H,5,10-12H2,1-2H3/b4-3+. The van der Waals surface area contributed by atoms with E-state index in [-0.39, 0.29) is 0 Å². The zero-order valence-electron chi connectivity index (χ0n) is 10.9. The smallest absolute Gasteiger partial charge is 0.0348 e. The fraction of sp³-hybridized carbons (Fsp3) is 0.500. The highest BCUT2D eigenvalue weighted by Gasteiger charge is 2.31. The summed E-state index contributed by atoms with van der Waals surface area (Å²) in [4.78, 5) is 0. The van der Waals surface area contributed by atoms with Crippen molar-refractivity contribution in [3.63, 3.8) is 0 Å². The number of allylic oxidation sites excluding steroid dienone is 1. The van der Waals surface area contributed by atoms with Crippen LogP contribution in [0.15, 0.2) is 36.4 Å². The Morgan fingerprint density at radius 3 is 2.59 bits per heavy atom. The molecule has 1 atom stereocenters. The Balaban J connectivity index is 1.94. The first-order chi connectivity index (χ1) is 8.31. The van der Waals surface area contributed by atoms with Gasteiger partial charge in [-0.05, 0) is 51.1 Å². The van der Waals surface area contributed by atoms with Crippen LogP contribution in [-0.2, 0) is 0 Å². The van der Waals surface area contributed by atoms with Crippen LogP contribution in [0.25, 0.3) is 0 Å². The van der Waals surface area contributed by atoms with Crippen molar-refractivity contribution in [2.24, 2.45) is 5.92 Å². The molecule has 0 bridgehead atoms. The fourth-order valence-electron chi connectivity index (χ4n) is 2.25. The highest BCUT2D eigenvalue weighted by Crippen LogP contribution is 2.40. The Labute approximate surface area is 105 Å². The summed E-state index contributed by atoms with van der Waals surface area (Å²) < 4.78 is 0. The lowest BCUT2D eigenvalue weighted by Crippen LogP contribution is -2.23. The number of benzene rings is 1. The molecule has 1 heteroatoms. The van der Waals surface area contributed by atoms with Crippen LogP contribution in [0.4, 0.5) is 0 Å². The molecule has 0 saturated heterocycles. The molecule has 0 heterocycles. The van der Waals surface area contributed by atoms with Crippen molar-refractivity contribution in [1.29, 1.82) is 0 Å². The van der Waals surface area contributed by atoms with Crippen molar-refractivity contribution in [2.75, 3.05) is 6.54 Å². The summed E-state index contributed by atoms with van der Waals surface area (Å²) in [6.45, 7) is 5.31. The van der Waals surface area contributed by atoms with E-state index in [4.69, 9.17) is 0 Å². The largest absolute Gasteiger partial charge is 0.309 e. The van der Waals surface area contributed by atoms with Gasteiger partial charge in [0.2, 0.25) is 0 Å². The van der Waals surface area contributed by atoms with Gasteiger partial charge in [0.25, 0.3) is 0 Å². The van der Waals surface area contributed by atoms with Gasteiger partial charge in [0, 0.05) is 6.04 Å². The maximum absolute atomic E-state index is 3.70. The van der Waals surface area contributed by atoms with Gasteiger partial charge in [-0.25, -0.2) is 0 Å². The van der Waals surface area contributed by atoms with Gasteiger partial charge in [-0.3, -0.25) is 0 Å². The van der Waals surface area contributed by atoms with Crippen molar-refractivity contribution >= 4 is 0 Å². The molecule has 92 valence electrons. The van der Waals surface area contributed by atoms with E-state index in [2.05, 4.69) is 55.6 Å². The molecular weight excluding hydrogens is 206 g/mol. The molecule has 1 nitrogen and oxygen atoms in total. The Morgan fingerprint density at radius 2 is 2.00 bits per heavy atom. The molecule has 2 rings (SSSR count). The molecule has 0 aliphatic heterocycles. The van der Waals surface area contributed by atoms with E-state index < -0.39 is 0 Å². The average molecular weight is 229 g/mol. The normalized spacial score (nSPS) is 17.5. The summed E-state index contributed by atoms with van der Waals surface area (Å²) in [6, 6.07) is 9.57. The molecule has 1 saturated carbocycles. The summed E-state index contributed by atoms with van der Waals surface area (Å²) >= 11 is 0. The zero-order valence-corrected chi connectivity index (χ0v) is 10.9. The first-order valence-corrected chi connectivity index (χ1v) is 6.72. The van der Waals surface area contributed by atoms with Crippen LogP contribution in [0.2, 0.25) is 0 Å². The molecule has 0 amide bonds. The van der Waals surface area contributed by atoms with Gasteiger partial charge in [-0.1, -0.05) is 42.0 Å². The van der Waals surface area contributed by atoms with Crippen molar-refractivity contribution in [2.45, 2.75) is 39.2 Å². The third-order valence-corrected chi connectivity index (χ3v) is 3.44. The molecule has 1 N–H and O–H groups in total. The predicted octanol–water partition coefficient (Wildman–Crippen LogP) is 4.00. The lowest BCUT2D eigenvalue weighted by atomic mass is 10.0. The monoisotopic (exact) mass is 229 g/mol. The predicted molar refractivity (Wildman–Crippen MR) is 74.1 cm³/mol. The van der Waals surface area contributed by atoms with Gasteiger partial charge in [0.05, 0.1) is 0 Å². The molecule has 1 aliphatic rings. The van der Waals surface area contributed by atoms with Crippen LogP contribution < -0.4 is 5.32 Å². The van der Waals surface area contributed by atoms with Crippen LogP contribution in [0.1, 0.15) is 43.4 Å². The van der Waals surface area contributed by atoms with Gasteiger partial charge in [-0.15, -0.1) is 0 Å². The van der Waals surface area contributed by atoms with Crippen LogP contribution in [0, 0.1) is 12.8 Å². The summed E-state index contributed by atoms with van der Waals surface area (Å²) in [5, 5.41) is 3.70. The lowest BCUT2D eigenvalue weighted by Gasteiger charge is -2.18. The Morgan fingerprint density at radius 1 is 1.29 bits per heavy atom. The Hall–Kier alpha value is -1.08. The molecule has 1 aromatic carbocycles. The van der Waals surface area contributed by atoms with E-state index in [1.165, 1.54) is 24.0 Å². The van der Waals surface area contributed by atoms with E-state index >= 15 is 0 Å². The first kappa shape index (κ1) is 12.4. The molecule has 0 aromatic heterocycles. The molecule has 0 spiro atoms. The van der Waals surface area contributed by atoms with Gasteiger partial charge in [0.1, 0.15) is 0 Å². The van der Waals surface area contributed by atoms with Crippen molar-refractivity contribution < 1.29 is 0 Å². The van der Waals surface area contributed by atoms with E-state index in [1.807, 2.05) is 0 Å². The van der Waals surface area contributed by atoms with Crippen LogP contribution >= 0.6 is 0 Å². The molecular formula is C16H23N. The van der Waals surface area contributed by atoms with Gasteiger partial charge in [0.15, 0.2) is 0 Å². The summed E-state index contributed by atoms with van der Waals surface area (Å²) in [6.07, 6.45) is 8.25. The molecule has 0 radical (unpaired) electrons. The summed E-state index contributed by atoms with van der Waals surface area (Å²) in [7, 11) is 0. The first-order valence-electron chi connectivity index (χ1n) is 6.72. The zero-order chi connectivity index (χ0) is 12.1. The van der Waals surface area contributed by atoms with Crippen LogP contribution in [0.3, 0.4) is 0 Å². The van der Waals surface area contributed by atoms with Gasteiger partial charge >= 0.3 is 0 Å². The highest BCUT2D eigenvalue weighted by atomic mass is 14.9. The molecule has 1 unspecified atom stereocenters. The minimum absolute atomic E-state index is 0.570. The second-order valence-electron chi connectivity index (χ2n) is 5.04. The number of nitrogens with one attached hydrogen (secondary N) is 1. The summed E-state index contributed by atoms with van der Waals surface area (Å²) in [5.41, 5.74) is 2.80. The third kappa shape index (κ3) is 3.71. The number of hydrogen-bond acceptors (Lipinski definition) is 1. The van der Waals surface area contributed by atoms with E-state index in [9.17, 15) is 0 Å². The molecule has 17 heavy (non-hydrogen) atoms. The van der Waals surface area contributed by atoms with E-state index in [1.54, 1.807) is 0 Å². The third-order valence-electron chi connectivity index (χ3n) is 3.44. The summed E-state index contributed by atoms with van der Waals surface area (Å²) in [5.74, 6) is 0.864. The number of rotatable bonds is 6. The van der Waals surface area contributed by atoms with E-state index in [0.29, 0.717) is 6.04 Å². The highest BCUT2D eigenvalue weighted by molar-refractivity contribution is 5.25. The minimum atomic E-state index is 0.570. The van der Waals surface area contributed by atoms with E-state index in [0.717, 1.165) is 18.9 Å². The fourth-order valence-corrected chi connectivity index (χ4v) is 2.25. The van der Waals surface area contributed by atoms with Crippen molar-refractivity contribution in [3.05, 3.63) is 47.5 Å². The maximum atomic E-state index is 3.70. The molecule has 1 aromatic rings. The molecule has 1 aliphatic carbocycles. The van der Waals surface area contributed by atoms with Crippen LogP contribution in [0.5, 0.6) is 0 Å². The topological polar surface area (TPSA) is 12.0 Å². The Bertz CT molecular complexity index is 360. The quantitative estimate of drug-likeness (QED) is 0.574. The second kappa shape index (κ2) is 6.02. The van der Waals surface area contributed by atoms with Crippen LogP contribution in [-0.4, -0.2) is 6.54 Å². The maximum Gasteiger partial charge on any atom is 0.0348 e. The van der Waals surface area contributed by atoms with Gasteiger partial charge in [-0.2, -0.15) is 0 Å². The lowest BCUT2D eigenvalue weighted by molar-refractivity contribution is 0.486. The average Bonchev–Trinajstić information content (AvgIpc) is 3.15. The number of hydrogen-bond donors (Lipinski definition) is 1. The molecule has 1 fully saturated rings. The van der Waals surface area contributed by atoms with Gasteiger partial charge < -0.3 is 5.32 Å². The van der Waals surface area contributed by atoms with Crippen molar-refractivity contribution in [1.82, 2.24) is 5.32 Å².